The number of nitrogens with two attached hydrogens (primary N) is 1. The number of carbonyl (C=O) groups is 1. The van der Waals surface area contributed by atoms with Crippen LogP contribution in [0, 0.1) is 5.82 Å². The summed E-state index contributed by atoms with van der Waals surface area (Å²) in [4.78, 5) is 26.6. The smallest absolute Gasteiger partial charge is 0.248 e. The summed E-state index contributed by atoms with van der Waals surface area (Å²) in [6.45, 7) is 3.83. The van der Waals surface area contributed by atoms with E-state index in [0.29, 0.717) is 17.4 Å². The number of anilines is 1. The number of halogens is 1. The van der Waals surface area contributed by atoms with Gasteiger partial charge in [-0.3, -0.25) is 4.79 Å². The molecule has 2 heterocycles. The Kier molecular flexibility index (Phi) is 6.87. The zero-order valence-electron chi connectivity index (χ0n) is 17.7. The van der Waals surface area contributed by atoms with Gasteiger partial charge in [-0.05, 0) is 49.0 Å². The molecule has 32 heavy (non-hydrogen) atoms. The molecule has 1 aliphatic rings. The topological polar surface area (TPSA) is 84.6 Å². The fourth-order valence-corrected chi connectivity index (χ4v) is 4.05. The van der Waals surface area contributed by atoms with Crippen molar-refractivity contribution in [3.05, 3.63) is 71.7 Å². The second-order valence-corrected chi connectivity index (χ2v) is 8.65. The molecule has 7 nitrogen and oxygen atoms in total. The summed E-state index contributed by atoms with van der Waals surface area (Å²) in [5.41, 5.74) is 6.61. The van der Waals surface area contributed by atoms with Gasteiger partial charge < -0.3 is 20.3 Å². The molecule has 1 aliphatic heterocycles. The van der Waals surface area contributed by atoms with Crippen LogP contribution in [0.3, 0.4) is 0 Å². The van der Waals surface area contributed by atoms with Crippen LogP contribution in [0.1, 0.15) is 15.9 Å². The minimum Gasteiger partial charge on any atom is -0.472 e. The molecule has 1 aromatic heterocycles. The molecule has 1 amide bonds. The highest BCUT2D eigenvalue weighted by atomic mass is 32.2. The zero-order valence-corrected chi connectivity index (χ0v) is 18.5. The first kappa shape index (κ1) is 22.0. The summed E-state index contributed by atoms with van der Waals surface area (Å²) in [5, 5.41) is 0. The molecule has 3 aromatic rings. The molecule has 0 radical (unpaired) electrons. The van der Waals surface area contributed by atoms with E-state index in [1.165, 1.54) is 23.9 Å². The number of likely N-dealkylation sites (N-methyl/N-ethyl adjacent to an activating group) is 1. The third-order valence-corrected chi connectivity index (χ3v) is 6.16. The summed E-state index contributed by atoms with van der Waals surface area (Å²) in [7, 11) is 2.10. The summed E-state index contributed by atoms with van der Waals surface area (Å²) in [5.74, 6) is 0.330. The van der Waals surface area contributed by atoms with Crippen molar-refractivity contribution in [2.24, 2.45) is 5.73 Å². The monoisotopic (exact) mass is 453 g/mol. The van der Waals surface area contributed by atoms with Crippen molar-refractivity contribution in [2.75, 3.05) is 38.1 Å². The Bertz CT molecular complexity index is 1070. The maximum absolute atomic E-state index is 13.2. The Morgan fingerprint density at radius 2 is 1.78 bits per heavy atom. The number of aromatic nitrogens is 2. The summed E-state index contributed by atoms with van der Waals surface area (Å²) in [6.07, 6.45) is 1.76. The van der Waals surface area contributed by atoms with Gasteiger partial charge in [0.25, 0.3) is 0 Å². The lowest BCUT2D eigenvalue weighted by molar-refractivity contribution is 0.1000. The van der Waals surface area contributed by atoms with Gasteiger partial charge in [-0.15, -0.1) is 0 Å². The lowest BCUT2D eigenvalue weighted by atomic mass is 10.2. The van der Waals surface area contributed by atoms with Crippen LogP contribution in [0.15, 0.2) is 64.5 Å². The van der Waals surface area contributed by atoms with Crippen molar-refractivity contribution >= 4 is 23.6 Å². The van der Waals surface area contributed by atoms with Crippen LogP contribution in [-0.4, -0.2) is 54.0 Å². The predicted molar refractivity (Wildman–Crippen MR) is 122 cm³/mol. The average Bonchev–Trinajstić information content (AvgIpc) is 2.80. The quantitative estimate of drug-likeness (QED) is 0.588. The first-order valence-corrected chi connectivity index (χ1v) is 11.0. The molecule has 0 saturated carbocycles. The number of hydrogen-bond acceptors (Lipinski definition) is 7. The third kappa shape index (κ3) is 5.54. The van der Waals surface area contributed by atoms with Crippen LogP contribution in [0.4, 0.5) is 10.3 Å². The first-order valence-electron chi connectivity index (χ1n) is 10.2. The molecule has 0 bridgehead atoms. The molecule has 0 spiro atoms. The van der Waals surface area contributed by atoms with Crippen molar-refractivity contribution in [1.29, 1.82) is 0 Å². The number of amides is 1. The fourth-order valence-electron chi connectivity index (χ4n) is 3.23. The molecule has 1 saturated heterocycles. The highest BCUT2D eigenvalue weighted by Gasteiger charge is 2.19. The SMILES string of the molecule is CN1CCN(c2ncc(Sc3ccc(C(N)=O)cc3)c(OCc3ccc(F)cc3)n2)CC1. The first-order chi connectivity index (χ1) is 15.5. The van der Waals surface area contributed by atoms with E-state index in [9.17, 15) is 9.18 Å². The average molecular weight is 454 g/mol. The Hall–Kier alpha value is -3.17. The van der Waals surface area contributed by atoms with Gasteiger partial charge in [-0.2, -0.15) is 4.98 Å². The van der Waals surface area contributed by atoms with Gasteiger partial charge in [0.1, 0.15) is 12.4 Å². The molecule has 0 aliphatic carbocycles. The lowest BCUT2D eigenvalue weighted by Gasteiger charge is -2.32. The normalized spacial score (nSPS) is 14.4. The standard InChI is InChI=1S/C23H24FN5O2S/c1-28-10-12-29(13-11-28)23-26-14-20(32-19-8-4-17(5-9-19)21(25)30)22(27-23)31-15-16-2-6-18(24)7-3-16/h2-9,14H,10-13,15H2,1H3,(H2,25,30). The molecule has 9 heteroatoms. The van der Waals surface area contributed by atoms with E-state index in [4.69, 9.17) is 15.5 Å². The lowest BCUT2D eigenvalue weighted by Crippen LogP contribution is -2.45. The Morgan fingerprint density at radius 3 is 2.44 bits per heavy atom. The van der Waals surface area contributed by atoms with Crippen LogP contribution < -0.4 is 15.4 Å². The molecule has 4 rings (SSSR count). The third-order valence-electron chi connectivity index (χ3n) is 5.15. The Labute approximate surface area is 190 Å². The number of carbonyl (C=O) groups excluding carboxylic acids is 1. The van der Waals surface area contributed by atoms with Crippen LogP contribution in [0.25, 0.3) is 0 Å². The summed E-state index contributed by atoms with van der Waals surface area (Å²) >= 11 is 1.44. The van der Waals surface area contributed by atoms with Crippen molar-refractivity contribution in [2.45, 2.75) is 16.4 Å². The summed E-state index contributed by atoms with van der Waals surface area (Å²) in [6, 6.07) is 13.2. The second kappa shape index (κ2) is 9.97. The van der Waals surface area contributed by atoms with Crippen LogP contribution in [-0.2, 0) is 6.61 Å². The van der Waals surface area contributed by atoms with Gasteiger partial charge in [0.05, 0.1) is 11.1 Å². The number of benzene rings is 2. The van der Waals surface area contributed by atoms with Crippen LogP contribution in [0.5, 0.6) is 5.88 Å². The predicted octanol–water partition coefficient (Wildman–Crippen LogP) is 3.20. The molecule has 0 atom stereocenters. The number of rotatable bonds is 7. The van der Waals surface area contributed by atoms with Crippen LogP contribution in [0.2, 0.25) is 0 Å². The molecule has 0 unspecified atom stereocenters. The van der Waals surface area contributed by atoms with Gasteiger partial charge in [0, 0.05) is 36.6 Å². The number of primary amides is 1. The largest absolute Gasteiger partial charge is 0.472 e. The minimum absolute atomic E-state index is 0.258. The number of nitrogens with zero attached hydrogens (tertiary/aromatic N) is 4. The maximum atomic E-state index is 13.2. The Morgan fingerprint density at radius 1 is 1.09 bits per heavy atom. The van der Waals surface area contributed by atoms with Gasteiger partial charge in [-0.25, -0.2) is 9.37 Å². The van der Waals surface area contributed by atoms with Crippen molar-refractivity contribution in [3.63, 3.8) is 0 Å². The molecular weight excluding hydrogens is 429 g/mol. The van der Waals surface area contributed by atoms with E-state index in [-0.39, 0.29) is 12.4 Å². The van der Waals surface area contributed by atoms with Gasteiger partial charge >= 0.3 is 0 Å². The molecule has 1 fully saturated rings. The molecular formula is C23H24FN5O2S. The molecule has 2 N–H and O–H groups in total. The number of hydrogen-bond donors (Lipinski definition) is 1. The van der Waals surface area contributed by atoms with E-state index >= 15 is 0 Å². The van der Waals surface area contributed by atoms with Crippen molar-refractivity contribution in [1.82, 2.24) is 14.9 Å². The molecule has 166 valence electrons. The molecule has 2 aromatic carbocycles. The van der Waals surface area contributed by atoms with Gasteiger partial charge in [0.15, 0.2) is 0 Å². The number of ether oxygens (including phenoxy) is 1. The van der Waals surface area contributed by atoms with Crippen molar-refractivity contribution < 1.29 is 13.9 Å². The second-order valence-electron chi connectivity index (χ2n) is 7.54. The van der Waals surface area contributed by atoms with E-state index in [1.54, 1.807) is 30.5 Å². The maximum Gasteiger partial charge on any atom is 0.248 e. The van der Waals surface area contributed by atoms with Gasteiger partial charge in [0.2, 0.25) is 17.7 Å². The highest BCUT2D eigenvalue weighted by Crippen LogP contribution is 2.35. The zero-order chi connectivity index (χ0) is 22.5. The number of piperazine rings is 1. The fraction of sp³-hybridized carbons (Fsp3) is 0.261. The van der Waals surface area contributed by atoms with E-state index in [2.05, 4.69) is 21.8 Å². The Balaban J connectivity index is 1.56. The van der Waals surface area contributed by atoms with E-state index in [1.807, 2.05) is 12.1 Å². The minimum atomic E-state index is -0.468. The van der Waals surface area contributed by atoms with E-state index < -0.39 is 5.91 Å². The van der Waals surface area contributed by atoms with E-state index in [0.717, 1.165) is 41.5 Å². The summed E-state index contributed by atoms with van der Waals surface area (Å²) < 4.78 is 19.3. The highest BCUT2D eigenvalue weighted by molar-refractivity contribution is 7.99. The van der Waals surface area contributed by atoms with Crippen molar-refractivity contribution in [3.8, 4) is 5.88 Å². The van der Waals surface area contributed by atoms with Gasteiger partial charge in [-0.1, -0.05) is 23.9 Å². The van der Waals surface area contributed by atoms with Crippen LogP contribution >= 0.6 is 11.8 Å².